The molecule has 0 aromatic heterocycles. The van der Waals surface area contributed by atoms with Gasteiger partial charge in [0.05, 0.1) is 25.4 Å². The molecule has 0 aromatic rings. The fourth-order valence-corrected chi connectivity index (χ4v) is 9.12. The van der Waals surface area contributed by atoms with E-state index < -0.39 is 5.79 Å². The third kappa shape index (κ3) is 1.77. The molecular weight excluding hydrogens is 340 g/mol. The van der Waals surface area contributed by atoms with Gasteiger partial charge in [-0.05, 0) is 68.6 Å². The lowest BCUT2D eigenvalue weighted by molar-refractivity contribution is -0.223. The summed E-state index contributed by atoms with van der Waals surface area (Å²) in [5.74, 6) is 1.18. The summed E-state index contributed by atoms with van der Waals surface area (Å²) in [5, 5.41) is 22.7. The summed E-state index contributed by atoms with van der Waals surface area (Å²) in [7, 11) is 0. The second-order valence-electron chi connectivity index (χ2n) is 11.1. The molecule has 0 radical (unpaired) electrons. The summed E-state index contributed by atoms with van der Waals surface area (Å²) < 4.78 is 12.1. The van der Waals surface area contributed by atoms with Crippen molar-refractivity contribution in [1.82, 2.24) is 0 Å². The topological polar surface area (TPSA) is 58.9 Å². The minimum atomic E-state index is -0.603. The van der Waals surface area contributed by atoms with Crippen LogP contribution in [0.1, 0.15) is 59.3 Å². The lowest BCUT2D eigenvalue weighted by Gasteiger charge is -2.60. The first kappa shape index (κ1) is 17.4. The number of ether oxygens (including phenoxy) is 2. The fraction of sp³-hybridized carbons (Fsp3) is 0.913. The molecule has 0 aromatic carbocycles. The second kappa shape index (κ2) is 5.00. The summed E-state index contributed by atoms with van der Waals surface area (Å²) in [6.45, 7) is 8.01. The van der Waals surface area contributed by atoms with E-state index in [0.29, 0.717) is 25.0 Å². The lowest BCUT2D eigenvalue weighted by atomic mass is 9.46. The van der Waals surface area contributed by atoms with Gasteiger partial charge in [-0.2, -0.15) is 0 Å². The van der Waals surface area contributed by atoms with E-state index in [0.717, 1.165) is 25.2 Å². The number of hydrogen-bond donors (Lipinski definition) is 2. The average Bonchev–Trinajstić information content (AvgIpc) is 2.88. The summed E-state index contributed by atoms with van der Waals surface area (Å²) in [4.78, 5) is 0. The van der Waals surface area contributed by atoms with Crippen molar-refractivity contribution in [3.63, 3.8) is 0 Å². The molecule has 4 heteroatoms. The highest BCUT2D eigenvalue weighted by Crippen LogP contribution is 2.81. The van der Waals surface area contributed by atoms with Crippen molar-refractivity contribution in [2.45, 2.75) is 77.3 Å². The Labute approximate surface area is 162 Å². The minimum absolute atomic E-state index is 0.150. The van der Waals surface area contributed by atoms with Crippen LogP contribution in [0.4, 0.5) is 0 Å². The molecule has 150 valence electrons. The molecule has 5 fully saturated rings. The van der Waals surface area contributed by atoms with E-state index in [1.807, 2.05) is 0 Å². The van der Waals surface area contributed by atoms with E-state index in [2.05, 4.69) is 26.8 Å². The van der Waals surface area contributed by atoms with Gasteiger partial charge in [-0.3, -0.25) is 0 Å². The molecule has 1 heterocycles. The highest BCUT2D eigenvalue weighted by molar-refractivity contribution is 5.36. The zero-order valence-corrected chi connectivity index (χ0v) is 16.9. The van der Waals surface area contributed by atoms with Crippen molar-refractivity contribution in [2.24, 2.45) is 39.9 Å². The molecule has 4 saturated carbocycles. The van der Waals surface area contributed by atoms with Crippen molar-refractivity contribution in [1.29, 1.82) is 0 Å². The second-order valence-corrected chi connectivity index (χ2v) is 11.1. The van der Waals surface area contributed by atoms with Crippen LogP contribution in [-0.4, -0.2) is 41.4 Å². The van der Waals surface area contributed by atoms with Gasteiger partial charge in [-0.25, -0.2) is 0 Å². The van der Waals surface area contributed by atoms with Crippen LogP contribution in [0.25, 0.3) is 0 Å². The van der Waals surface area contributed by atoms with Gasteiger partial charge in [0.2, 0.25) is 0 Å². The summed E-state index contributed by atoms with van der Waals surface area (Å²) in [5.41, 5.74) is 1.44. The fourth-order valence-electron chi connectivity index (χ4n) is 9.12. The van der Waals surface area contributed by atoms with Crippen LogP contribution in [0.3, 0.4) is 0 Å². The van der Waals surface area contributed by atoms with Crippen molar-refractivity contribution >= 4 is 0 Å². The van der Waals surface area contributed by atoms with Crippen molar-refractivity contribution in [3.8, 4) is 0 Å². The summed E-state index contributed by atoms with van der Waals surface area (Å²) >= 11 is 0. The Morgan fingerprint density at radius 1 is 1.04 bits per heavy atom. The molecule has 5 aliphatic carbocycles. The number of allylic oxidation sites excluding steroid dienone is 1. The van der Waals surface area contributed by atoms with Gasteiger partial charge in [0.25, 0.3) is 0 Å². The zero-order valence-electron chi connectivity index (χ0n) is 16.9. The molecule has 6 aliphatic rings. The maximum atomic E-state index is 11.5. The van der Waals surface area contributed by atoms with Gasteiger partial charge in [-0.1, -0.05) is 25.5 Å². The molecule has 4 nitrogen and oxygen atoms in total. The largest absolute Gasteiger partial charge is 0.392 e. The van der Waals surface area contributed by atoms with Crippen LogP contribution in [0.2, 0.25) is 0 Å². The Kier molecular flexibility index (Phi) is 3.23. The van der Waals surface area contributed by atoms with E-state index in [1.54, 1.807) is 0 Å². The lowest BCUT2D eigenvalue weighted by Crippen LogP contribution is -2.60. The molecule has 6 rings (SSSR count). The molecule has 1 spiro atoms. The smallest absolute Gasteiger partial charge is 0.169 e. The van der Waals surface area contributed by atoms with Crippen molar-refractivity contribution in [3.05, 3.63) is 11.6 Å². The third-order valence-corrected chi connectivity index (χ3v) is 10.6. The van der Waals surface area contributed by atoms with Crippen LogP contribution >= 0.6 is 0 Å². The molecule has 9 atom stereocenters. The number of hydrogen-bond acceptors (Lipinski definition) is 4. The maximum absolute atomic E-state index is 11.5. The van der Waals surface area contributed by atoms with Crippen LogP contribution in [0, 0.1) is 39.9 Å². The maximum Gasteiger partial charge on any atom is 0.169 e. The van der Waals surface area contributed by atoms with Crippen molar-refractivity contribution < 1.29 is 19.7 Å². The van der Waals surface area contributed by atoms with Crippen LogP contribution in [0.15, 0.2) is 11.6 Å². The van der Waals surface area contributed by atoms with Gasteiger partial charge >= 0.3 is 0 Å². The van der Waals surface area contributed by atoms with E-state index >= 15 is 0 Å². The van der Waals surface area contributed by atoms with Gasteiger partial charge < -0.3 is 19.7 Å². The molecule has 27 heavy (non-hydrogen) atoms. The Morgan fingerprint density at radius 2 is 1.78 bits per heavy atom. The molecule has 0 bridgehead atoms. The summed E-state index contributed by atoms with van der Waals surface area (Å²) in [6.07, 6.45) is 8.21. The first-order valence-corrected chi connectivity index (χ1v) is 11.1. The molecule has 0 amide bonds. The molecule has 1 aliphatic heterocycles. The standard InChI is InChI=1S/C23H34O4/c1-20-7-6-13-12-23(13,20)19(25)10-14-15-4-5-17(22(3)26-8-9-27-22)21(15,2)18(24)11-16(14)20/h4,13-14,16-19,24-25H,5-12H2,1-3H3/t13-,14?,16?,17?,18+,19+,20+,21-,23?/m0/s1. The van der Waals surface area contributed by atoms with Gasteiger partial charge in [0.15, 0.2) is 5.79 Å². The molecule has 4 unspecified atom stereocenters. The van der Waals surface area contributed by atoms with E-state index in [9.17, 15) is 10.2 Å². The van der Waals surface area contributed by atoms with Crippen LogP contribution in [-0.2, 0) is 9.47 Å². The SMILES string of the molecule is CC1(C2CC=C3C4C[C@@H](O)C56C[C@@H]5CC[C@]6(C)C4C[C@@H](O)[C@@]32C)OCCO1. The van der Waals surface area contributed by atoms with E-state index in [1.165, 1.54) is 24.8 Å². The van der Waals surface area contributed by atoms with Gasteiger partial charge in [-0.15, -0.1) is 0 Å². The molecule has 2 N–H and O–H groups in total. The number of aliphatic hydroxyl groups excluding tert-OH is 2. The first-order valence-electron chi connectivity index (χ1n) is 11.1. The Morgan fingerprint density at radius 3 is 2.48 bits per heavy atom. The Hall–Kier alpha value is -0.420. The molecular formula is C23H34O4. The van der Waals surface area contributed by atoms with Crippen LogP contribution < -0.4 is 0 Å². The van der Waals surface area contributed by atoms with E-state index in [-0.39, 0.29) is 34.4 Å². The third-order valence-electron chi connectivity index (χ3n) is 10.6. The van der Waals surface area contributed by atoms with Crippen LogP contribution in [0.5, 0.6) is 0 Å². The Bertz CT molecular complexity index is 711. The monoisotopic (exact) mass is 374 g/mol. The normalized spacial score (nSPS) is 60.3. The summed E-state index contributed by atoms with van der Waals surface area (Å²) in [6, 6.07) is 0. The predicted molar refractivity (Wildman–Crippen MR) is 101 cm³/mol. The highest BCUT2D eigenvalue weighted by atomic mass is 16.7. The Balaban J connectivity index is 1.40. The van der Waals surface area contributed by atoms with Gasteiger partial charge in [0.1, 0.15) is 0 Å². The number of aliphatic hydroxyl groups is 2. The van der Waals surface area contributed by atoms with Gasteiger partial charge in [0, 0.05) is 16.7 Å². The quantitative estimate of drug-likeness (QED) is 0.692. The highest BCUT2D eigenvalue weighted by Gasteiger charge is 2.77. The average molecular weight is 375 g/mol. The minimum Gasteiger partial charge on any atom is -0.392 e. The number of fused-ring (bicyclic) bond motifs is 4. The van der Waals surface area contributed by atoms with E-state index in [4.69, 9.17) is 9.47 Å². The zero-order chi connectivity index (χ0) is 18.8. The first-order chi connectivity index (χ1) is 12.8. The van der Waals surface area contributed by atoms with Crippen molar-refractivity contribution in [2.75, 3.05) is 13.2 Å². The molecule has 1 saturated heterocycles. The predicted octanol–water partition coefficient (Wildman–Crippen LogP) is 3.27. The number of rotatable bonds is 1.